The van der Waals surface area contributed by atoms with Crippen molar-refractivity contribution in [3.8, 4) is 0 Å². The maximum atomic E-state index is 12.1. The predicted octanol–water partition coefficient (Wildman–Crippen LogP) is 11.8. The Hall–Kier alpha value is -3.59. The molecule has 2 unspecified atom stereocenters. The van der Waals surface area contributed by atoms with Crippen LogP contribution < -0.4 is 5.32 Å². The zero-order chi connectivity index (χ0) is 41.8. The van der Waals surface area contributed by atoms with Crippen LogP contribution in [-0.4, -0.2) is 54.3 Å². The molecule has 2 atom stereocenters. The predicted molar refractivity (Wildman–Crippen MR) is 238 cm³/mol. The highest BCUT2D eigenvalue weighted by Gasteiger charge is 2.23. The molecule has 320 valence electrons. The minimum absolute atomic E-state index is 0.0440. The summed E-state index contributed by atoms with van der Waals surface area (Å²) < 4.78 is 26.8. The number of ether oxygens (including phenoxy) is 1. The van der Waals surface area contributed by atoms with Crippen LogP contribution in [0.5, 0.6) is 0 Å². The number of phosphoric acid groups is 1. The lowest BCUT2D eigenvalue weighted by molar-refractivity contribution is -0.147. The highest BCUT2D eigenvalue weighted by Crippen LogP contribution is 2.42. The van der Waals surface area contributed by atoms with E-state index in [-0.39, 0.29) is 32.1 Å². The van der Waals surface area contributed by atoms with Gasteiger partial charge in [0.15, 0.2) is 0 Å². The third kappa shape index (κ3) is 43.4. The molecule has 0 spiro atoms. The van der Waals surface area contributed by atoms with Crippen LogP contribution in [0.25, 0.3) is 0 Å². The van der Waals surface area contributed by atoms with Crippen LogP contribution in [0.15, 0.2) is 122 Å². The van der Waals surface area contributed by atoms with Crippen LogP contribution >= 0.6 is 7.82 Å². The quantitative estimate of drug-likeness (QED) is 0.0245. The van der Waals surface area contributed by atoms with Gasteiger partial charge < -0.3 is 20.1 Å². The molecule has 0 aliphatic carbocycles. The number of aliphatic hydroxyl groups is 1. The summed E-state index contributed by atoms with van der Waals surface area (Å²) in [5.41, 5.74) is 0. The van der Waals surface area contributed by atoms with Gasteiger partial charge in [-0.2, -0.15) is 0 Å². The summed E-state index contributed by atoms with van der Waals surface area (Å²) in [6.07, 6.45) is 57.1. The number of hydrogen-bond acceptors (Lipinski definition) is 7. The van der Waals surface area contributed by atoms with Crippen molar-refractivity contribution >= 4 is 19.7 Å². The third-order valence-electron chi connectivity index (χ3n) is 7.89. The normalized spacial score (nSPS) is 14.5. The molecule has 0 aromatic heterocycles. The second-order valence-electron chi connectivity index (χ2n) is 13.2. The van der Waals surface area contributed by atoms with Gasteiger partial charge in [0.2, 0.25) is 5.91 Å². The molecule has 0 bridgehead atoms. The summed E-state index contributed by atoms with van der Waals surface area (Å²) in [4.78, 5) is 33.9. The van der Waals surface area contributed by atoms with Gasteiger partial charge in [-0.05, 0) is 103 Å². The molecule has 1 amide bonds. The number of unbranched alkanes of at least 4 members (excludes halogenated alkanes) is 4. The number of carbonyl (C=O) groups is 2. The lowest BCUT2D eigenvalue weighted by Gasteiger charge is -2.15. The fourth-order valence-corrected chi connectivity index (χ4v) is 5.54. The number of nitrogens with one attached hydrogen (secondary N) is 1. The number of rotatable bonds is 37. The van der Waals surface area contributed by atoms with E-state index in [4.69, 9.17) is 13.8 Å². The van der Waals surface area contributed by atoms with E-state index in [2.05, 4.69) is 141 Å². The van der Waals surface area contributed by atoms with Crippen LogP contribution in [0.1, 0.15) is 129 Å². The Morgan fingerprint density at radius 3 is 1.35 bits per heavy atom. The SMILES string of the molecule is CC/C=C\C/C=C\C/C=C\C/C=C\C/C=C\C/C=C\CCCCC(=O)NCCOP(=O)(O)OCC(O)COC(=O)CCCC/C=C\C/C=C\C/C=C\C/C=C\CC. The zero-order valence-corrected chi connectivity index (χ0v) is 35.9. The second-order valence-corrected chi connectivity index (χ2v) is 14.6. The van der Waals surface area contributed by atoms with Gasteiger partial charge in [-0.15, -0.1) is 0 Å². The van der Waals surface area contributed by atoms with Crippen molar-refractivity contribution in [2.75, 3.05) is 26.4 Å². The first-order chi connectivity index (χ1) is 27.8. The molecule has 0 rings (SSSR count). The minimum atomic E-state index is -4.45. The lowest BCUT2D eigenvalue weighted by atomic mass is 10.1. The van der Waals surface area contributed by atoms with Crippen molar-refractivity contribution in [1.82, 2.24) is 5.32 Å². The first-order valence-electron chi connectivity index (χ1n) is 21.0. The monoisotopic (exact) mass is 812 g/mol. The second kappa shape index (κ2) is 42.0. The number of hydrogen-bond donors (Lipinski definition) is 3. The molecule has 57 heavy (non-hydrogen) atoms. The molecule has 3 N–H and O–H groups in total. The van der Waals surface area contributed by atoms with Gasteiger partial charge in [-0.25, -0.2) is 4.57 Å². The van der Waals surface area contributed by atoms with E-state index < -0.39 is 26.5 Å². The first-order valence-corrected chi connectivity index (χ1v) is 22.5. The highest BCUT2D eigenvalue weighted by atomic mass is 31.2. The van der Waals surface area contributed by atoms with Crippen molar-refractivity contribution in [3.05, 3.63) is 122 Å². The molecule has 0 aliphatic heterocycles. The Morgan fingerprint density at radius 2 is 0.930 bits per heavy atom. The molecule has 0 saturated carbocycles. The largest absolute Gasteiger partial charge is 0.472 e. The molecule has 0 aromatic rings. The van der Waals surface area contributed by atoms with Crippen LogP contribution in [0, 0.1) is 0 Å². The van der Waals surface area contributed by atoms with Gasteiger partial charge in [0.25, 0.3) is 0 Å². The number of amides is 1. The summed E-state index contributed by atoms with van der Waals surface area (Å²) >= 11 is 0. The Bertz CT molecular complexity index is 1340. The van der Waals surface area contributed by atoms with E-state index in [0.717, 1.165) is 96.3 Å². The van der Waals surface area contributed by atoms with E-state index >= 15 is 0 Å². The van der Waals surface area contributed by atoms with Crippen LogP contribution in [0.2, 0.25) is 0 Å². The van der Waals surface area contributed by atoms with Gasteiger partial charge in [-0.3, -0.25) is 18.6 Å². The van der Waals surface area contributed by atoms with Gasteiger partial charge in [0.1, 0.15) is 12.7 Å². The van der Waals surface area contributed by atoms with E-state index in [1.165, 1.54) is 0 Å². The van der Waals surface area contributed by atoms with Gasteiger partial charge >= 0.3 is 13.8 Å². The molecule has 0 aliphatic rings. The van der Waals surface area contributed by atoms with E-state index in [1.54, 1.807) is 0 Å². The molecular formula is C47H74NO8P. The van der Waals surface area contributed by atoms with Crippen molar-refractivity contribution in [2.45, 2.75) is 136 Å². The fraction of sp³-hybridized carbons (Fsp3) is 0.532. The Kier molecular flexibility index (Phi) is 39.4. The average molecular weight is 812 g/mol. The molecular weight excluding hydrogens is 737 g/mol. The maximum absolute atomic E-state index is 12.1. The molecule has 0 saturated heterocycles. The standard InChI is InChI=1S/C47H74NO8P/c1-3-5-7-9-11-13-15-17-19-20-21-22-23-24-26-27-29-31-33-35-37-39-46(50)48-41-42-55-57(52,53)56-44-45(49)43-54-47(51)40-38-36-34-32-30-28-25-18-16-14-12-10-8-6-4-2/h5-8,11-14,17-19,21-22,24-26,29-32,45,49H,3-4,9-10,15-16,20,23,27-28,33-44H2,1-2H3,(H,48,50)(H,52,53)/b7-5-,8-6-,13-11-,14-12-,19-17-,22-21-,25-18-,26-24-,31-29-,32-30-. The van der Waals surface area contributed by atoms with Crippen molar-refractivity contribution in [2.24, 2.45) is 0 Å². The number of carbonyl (C=O) groups excluding carboxylic acids is 2. The summed E-state index contributed by atoms with van der Waals surface area (Å²) in [6.45, 7) is 3.18. The molecule has 0 heterocycles. The van der Waals surface area contributed by atoms with Crippen molar-refractivity contribution in [1.29, 1.82) is 0 Å². The van der Waals surface area contributed by atoms with Gasteiger partial charge in [0, 0.05) is 19.4 Å². The molecule has 10 heteroatoms. The Balaban J connectivity index is 3.77. The summed E-state index contributed by atoms with van der Waals surface area (Å²) in [6, 6.07) is 0. The fourth-order valence-electron chi connectivity index (χ4n) is 4.78. The number of allylic oxidation sites excluding steroid dienone is 20. The highest BCUT2D eigenvalue weighted by molar-refractivity contribution is 7.47. The Labute approximate surface area is 345 Å². The molecule has 9 nitrogen and oxygen atoms in total. The zero-order valence-electron chi connectivity index (χ0n) is 35.0. The lowest BCUT2D eigenvalue weighted by Crippen LogP contribution is -2.27. The summed E-state index contributed by atoms with van der Waals surface area (Å²) in [7, 11) is -4.45. The molecule has 0 radical (unpaired) electrons. The number of aliphatic hydroxyl groups excluding tert-OH is 1. The topological polar surface area (TPSA) is 131 Å². The molecule has 0 aromatic carbocycles. The maximum Gasteiger partial charge on any atom is 0.472 e. The van der Waals surface area contributed by atoms with Gasteiger partial charge in [0.05, 0.1) is 13.2 Å². The first kappa shape index (κ1) is 53.4. The average Bonchev–Trinajstić information content (AvgIpc) is 3.20. The van der Waals surface area contributed by atoms with Gasteiger partial charge in [-0.1, -0.05) is 135 Å². The van der Waals surface area contributed by atoms with Crippen LogP contribution in [0.4, 0.5) is 0 Å². The van der Waals surface area contributed by atoms with Crippen molar-refractivity contribution in [3.63, 3.8) is 0 Å². The minimum Gasteiger partial charge on any atom is -0.463 e. The molecule has 0 fully saturated rings. The van der Waals surface area contributed by atoms with Crippen molar-refractivity contribution < 1.29 is 37.9 Å². The number of esters is 1. The van der Waals surface area contributed by atoms with Crippen LogP contribution in [-0.2, 0) is 27.9 Å². The smallest absolute Gasteiger partial charge is 0.463 e. The van der Waals surface area contributed by atoms with E-state index in [1.807, 2.05) is 0 Å². The third-order valence-corrected chi connectivity index (χ3v) is 8.87. The summed E-state index contributed by atoms with van der Waals surface area (Å²) in [5, 5.41) is 12.6. The Morgan fingerprint density at radius 1 is 0.544 bits per heavy atom. The van der Waals surface area contributed by atoms with E-state index in [0.29, 0.717) is 12.8 Å². The number of phosphoric ester groups is 1. The van der Waals surface area contributed by atoms with Crippen LogP contribution in [0.3, 0.4) is 0 Å². The summed E-state index contributed by atoms with van der Waals surface area (Å²) in [5.74, 6) is -0.617. The van der Waals surface area contributed by atoms with E-state index in [9.17, 15) is 24.2 Å².